The number of rotatable bonds is 24. The molecule has 111 heavy (non-hydrogen) atoms. The number of carboxylic acid groups (broad SMARTS) is 2. The van der Waals surface area contributed by atoms with Crippen LogP contribution in [0.25, 0.3) is 77.7 Å². The first-order valence-electron chi connectivity index (χ1n) is 35.6. The molecular weight excluding hydrogens is 1430 g/mol. The smallest absolute Gasteiger partial charge is 0.336 e. The number of nitrogens with one attached hydrogen (secondary N) is 1. The molecule has 1 amide bonds. The maximum absolute atomic E-state index is 13.9. The second-order valence-corrected chi connectivity index (χ2v) is 27.6. The molecule has 0 fully saturated rings. The van der Waals surface area contributed by atoms with Crippen LogP contribution in [0.15, 0.2) is 273 Å². The molecule has 3 heterocycles. The molecule has 11 aromatic carbocycles. The topological polar surface area (TPSA) is 227 Å². The van der Waals surface area contributed by atoms with Gasteiger partial charge < -0.3 is 39.0 Å². The Hall–Kier alpha value is -12.9. The molecule has 1 aliphatic rings. The zero-order valence-corrected chi connectivity index (χ0v) is 62.2. The molecule has 2 aromatic heterocycles. The number of ketones is 2. The largest absolute Gasteiger partial charge is 0.489 e. The lowest BCUT2D eigenvalue weighted by atomic mass is 9.95. The molecule has 0 aliphatic carbocycles. The standard InChI is InChI=1S/C31H31FNO6P.C30H22FNO3.C22H20O2.C8H4FNO2/c1-4-37-20-40(36,39-5-2)17-9-16-38-28-18-23(12-14-25(28)22-10-7-6-8-11-22)30-21(3)29(31(34)35)26-19-24(32)13-15-27(26)33-30;1-19-28(30(33)34)25-17-23(31)13-15-26(25)32-29(19)22-12-14-24(21-10-6-3-7-11-21)27(16-22)35-18-20-8-4-2-5-9-20;1-2-21(23)19-13-14-20(18-11-7-4-8-12-18)22(15-19)24-16-17-9-5-3-6-10-17;9-4-1-2-6-5(3-4)7(11)8(12)10-6/h6-15,17-19H,4-5,16,20H2,1-3H3,(H,34,35);2-17H,18H2,1H3,(H,33,34);3-15H,2,16H2,1H3;1-3H,(H,10,11,12)/b17-9+;;;. The van der Waals surface area contributed by atoms with Crippen molar-refractivity contribution in [2.75, 3.05) is 31.5 Å². The monoisotopic (exact) mass is 1510 g/mol. The van der Waals surface area contributed by atoms with E-state index in [-0.39, 0.29) is 46.2 Å². The Kier molecular flexibility index (Phi) is 26.6. The van der Waals surface area contributed by atoms with Gasteiger partial charge in [0.05, 0.1) is 51.4 Å². The van der Waals surface area contributed by atoms with Gasteiger partial charge in [-0.2, -0.15) is 0 Å². The van der Waals surface area contributed by atoms with Crippen molar-refractivity contribution in [1.29, 1.82) is 0 Å². The van der Waals surface area contributed by atoms with E-state index in [9.17, 15) is 51.9 Å². The highest BCUT2D eigenvalue weighted by Gasteiger charge is 2.29. The number of pyridine rings is 2. The summed E-state index contributed by atoms with van der Waals surface area (Å²) in [4.78, 5) is 67.5. The first kappa shape index (κ1) is 79.1. The zero-order chi connectivity index (χ0) is 78.6. The minimum Gasteiger partial charge on any atom is -0.489 e. The molecule has 1 unspecified atom stereocenters. The zero-order valence-electron chi connectivity index (χ0n) is 61.3. The van der Waals surface area contributed by atoms with E-state index in [0.717, 1.165) is 61.9 Å². The van der Waals surface area contributed by atoms with Crippen LogP contribution in [0.5, 0.6) is 17.2 Å². The molecule has 0 bridgehead atoms. The summed E-state index contributed by atoms with van der Waals surface area (Å²) in [6, 6.07) is 78.2. The van der Waals surface area contributed by atoms with Crippen molar-refractivity contribution in [2.45, 2.75) is 54.3 Å². The average molecular weight is 1510 g/mol. The van der Waals surface area contributed by atoms with Crippen LogP contribution in [0, 0.1) is 31.3 Å². The summed E-state index contributed by atoms with van der Waals surface area (Å²) in [5.74, 6) is -1.65. The van der Waals surface area contributed by atoms with E-state index in [2.05, 4.69) is 10.3 Å². The van der Waals surface area contributed by atoms with Gasteiger partial charge in [0.1, 0.15) is 60.9 Å². The van der Waals surface area contributed by atoms with Gasteiger partial charge in [-0.1, -0.05) is 177 Å². The highest BCUT2D eigenvalue weighted by atomic mass is 31.2. The number of carboxylic acids is 2. The first-order valence-corrected chi connectivity index (χ1v) is 37.5. The molecule has 13 aromatic rings. The number of ether oxygens (including phenoxy) is 4. The fourth-order valence-corrected chi connectivity index (χ4v) is 14.0. The van der Waals surface area contributed by atoms with E-state index in [4.69, 9.17) is 28.5 Å². The van der Waals surface area contributed by atoms with Gasteiger partial charge in [0.2, 0.25) is 7.37 Å². The number of halogens is 3. The molecule has 14 rings (SSSR count). The predicted molar refractivity (Wildman–Crippen MR) is 426 cm³/mol. The number of carbonyl (C=O) groups excluding carboxylic acids is 3. The van der Waals surface area contributed by atoms with Crippen LogP contribution in [0.4, 0.5) is 18.9 Å². The van der Waals surface area contributed by atoms with Gasteiger partial charge >= 0.3 is 11.9 Å². The summed E-state index contributed by atoms with van der Waals surface area (Å²) in [6.45, 7) is 10.5. The highest BCUT2D eigenvalue weighted by molar-refractivity contribution is 7.62. The number of carbonyl (C=O) groups is 5. The van der Waals surface area contributed by atoms with Crippen LogP contribution in [0.1, 0.15) is 90.9 Å². The summed E-state index contributed by atoms with van der Waals surface area (Å²) in [6.07, 6.45) is 2.12. The van der Waals surface area contributed by atoms with Crippen LogP contribution in [-0.4, -0.2) is 75.8 Å². The number of hydrogen-bond acceptors (Lipinski definition) is 13. The number of amides is 1. The van der Waals surface area contributed by atoms with E-state index in [1.165, 1.54) is 54.3 Å². The molecule has 0 saturated heterocycles. The number of aromatic carboxylic acids is 2. The van der Waals surface area contributed by atoms with Gasteiger partial charge in [-0.05, 0) is 164 Å². The summed E-state index contributed by atoms with van der Waals surface area (Å²) < 4.78 is 82.7. The highest BCUT2D eigenvalue weighted by Crippen LogP contribution is 2.49. The molecular formula is C91H77F3N3O13P. The van der Waals surface area contributed by atoms with Crippen LogP contribution in [0.3, 0.4) is 0 Å². The lowest BCUT2D eigenvalue weighted by molar-refractivity contribution is -0.112. The molecule has 1 aliphatic heterocycles. The maximum atomic E-state index is 13.9. The molecule has 1 atom stereocenters. The third-order valence-corrected chi connectivity index (χ3v) is 19.7. The fourth-order valence-electron chi connectivity index (χ4n) is 12.4. The quantitative estimate of drug-likeness (QED) is 0.0290. The van der Waals surface area contributed by atoms with E-state index in [1.54, 1.807) is 32.9 Å². The Morgan fingerprint density at radius 2 is 0.892 bits per heavy atom. The molecule has 20 heteroatoms. The lowest BCUT2D eigenvalue weighted by Crippen LogP contribution is -2.12. The SMILES string of the molecule is CCC(=O)c1ccc(-c2ccccc2)c(OCc2ccccc2)c1.CCOCP(=O)(/C=C/COc1cc(-c2nc3ccc(F)cc3c(C(=O)O)c2C)ccc1-c1ccccc1)OCC.Cc1c(-c2ccc(-c3ccccc3)c(OCc3ccccc3)c2)nc2ccc(F)cc2c1C(=O)O.O=C1Nc2ccc(F)cc2C1=O. The van der Waals surface area contributed by atoms with Gasteiger partial charge in [-0.15, -0.1) is 0 Å². The summed E-state index contributed by atoms with van der Waals surface area (Å²) in [7, 11) is -3.11. The summed E-state index contributed by atoms with van der Waals surface area (Å²) in [5.41, 5.74) is 13.1. The minimum atomic E-state index is -3.11. The molecule has 16 nitrogen and oxygen atoms in total. The molecule has 560 valence electrons. The number of Topliss-reactive ketones (excluding diaryl/α,β-unsaturated/α-hetero) is 2. The van der Waals surface area contributed by atoms with Crippen molar-refractivity contribution < 1.29 is 75.4 Å². The fraction of sp³-hybridized carbons (Fsp3) is 0.132. The number of benzene rings is 11. The number of anilines is 1. The van der Waals surface area contributed by atoms with Crippen LogP contribution >= 0.6 is 7.37 Å². The van der Waals surface area contributed by atoms with Gasteiger partial charge in [0.25, 0.3) is 11.7 Å². The Bertz CT molecular complexity index is 5620. The molecule has 0 radical (unpaired) electrons. The average Bonchev–Trinajstić information content (AvgIpc) is 1.44. The van der Waals surface area contributed by atoms with Gasteiger partial charge in [-0.3, -0.25) is 18.9 Å². The van der Waals surface area contributed by atoms with E-state index in [1.807, 2.05) is 214 Å². The van der Waals surface area contributed by atoms with E-state index >= 15 is 0 Å². The van der Waals surface area contributed by atoms with E-state index < -0.39 is 48.4 Å². The summed E-state index contributed by atoms with van der Waals surface area (Å²) >= 11 is 0. The molecule has 0 spiro atoms. The Labute approximate surface area is 639 Å². The van der Waals surface area contributed by atoms with Gasteiger partial charge in [0, 0.05) is 63.0 Å². The second kappa shape index (κ2) is 37.3. The predicted octanol–water partition coefficient (Wildman–Crippen LogP) is 21.7. The lowest BCUT2D eigenvalue weighted by Gasteiger charge is -2.16. The van der Waals surface area contributed by atoms with Gasteiger partial charge in [-0.25, -0.2) is 32.7 Å². The Morgan fingerprint density at radius 3 is 1.33 bits per heavy atom. The Morgan fingerprint density at radius 1 is 0.468 bits per heavy atom. The van der Waals surface area contributed by atoms with Crippen molar-refractivity contribution in [3.05, 3.63) is 335 Å². The number of hydrogen-bond donors (Lipinski definition) is 3. The van der Waals surface area contributed by atoms with Crippen LogP contribution < -0.4 is 19.5 Å². The van der Waals surface area contributed by atoms with Crippen molar-refractivity contribution >= 4 is 64.3 Å². The van der Waals surface area contributed by atoms with Gasteiger partial charge in [0.15, 0.2) is 5.78 Å². The number of fused-ring (bicyclic) bond motifs is 3. The maximum Gasteiger partial charge on any atom is 0.336 e. The Balaban J connectivity index is 0.000000156. The minimum absolute atomic E-state index is 0.00184. The molecule has 3 N–H and O–H groups in total. The third-order valence-electron chi connectivity index (χ3n) is 17.8. The normalized spacial score (nSPS) is 11.9. The van der Waals surface area contributed by atoms with Crippen molar-refractivity contribution in [1.82, 2.24) is 9.97 Å². The van der Waals surface area contributed by atoms with Crippen LogP contribution in [-0.2, 0) is 31.8 Å². The first-order chi connectivity index (χ1) is 53.7. The molecule has 0 saturated carbocycles. The van der Waals surface area contributed by atoms with Crippen molar-refractivity contribution in [2.24, 2.45) is 0 Å². The van der Waals surface area contributed by atoms with Crippen molar-refractivity contribution in [3.63, 3.8) is 0 Å². The second-order valence-electron chi connectivity index (χ2n) is 25.3. The third kappa shape index (κ3) is 19.9. The number of nitrogens with zero attached hydrogens (tertiary/aromatic N) is 2. The van der Waals surface area contributed by atoms with E-state index in [0.29, 0.717) is 94.7 Å². The summed E-state index contributed by atoms with van der Waals surface area (Å²) in [5, 5.41) is 22.7. The van der Waals surface area contributed by atoms with Crippen LogP contribution in [0.2, 0.25) is 0 Å². The van der Waals surface area contributed by atoms with Crippen molar-refractivity contribution in [3.8, 4) is 73.1 Å². The number of aromatic nitrogens is 2.